The lowest BCUT2D eigenvalue weighted by Gasteiger charge is -2.46. The number of carbonyl (C=O) groups excluding carboxylic acids is 1. The zero-order valence-corrected chi connectivity index (χ0v) is 12.9. The number of carbonyl (C=O) groups is 2. The molecule has 21 heavy (non-hydrogen) atoms. The van der Waals surface area contributed by atoms with Gasteiger partial charge in [-0.2, -0.15) is 0 Å². The van der Waals surface area contributed by atoms with Gasteiger partial charge in [0.1, 0.15) is 5.70 Å². The standard InChI is InChI=1S/C14H20N2O4S/c1-6-10-9(7(2)17)13(18)16(10)11(14(19)20)12(6)21-8-3-4-15-5-8/h6-10,15,17H,3-5H2,1-2H3,(H,19,20)/t6-,7-,8+,9-,10-/m1/s1. The molecule has 0 aliphatic carbocycles. The summed E-state index contributed by atoms with van der Waals surface area (Å²) in [5, 5.41) is 22.9. The molecule has 2 saturated heterocycles. The number of carboxylic acids is 1. The van der Waals surface area contributed by atoms with E-state index in [1.807, 2.05) is 6.92 Å². The molecule has 3 heterocycles. The Morgan fingerprint density at radius 1 is 1.52 bits per heavy atom. The van der Waals surface area contributed by atoms with E-state index in [2.05, 4.69) is 5.32 Å². The average Bonchev–Trinajstić information content (AvgIpc) is 2.97. The third-order valence-corrected chi connectivity index (χ3v) is 6.17. The van der Waals surface area contributed by atoms with Crippen LogP contribution in [-0.4, -0.2) is 57.5 Å². The second kappa shape index (κ2) is 5.30. The highest BCUT2D eigenvalue weighted by Gasteiger charge is 2.60. The summed E-state index contributed by atoms with van der Waals surface area (Å²) in [7, 11) is 0. The zero-order chi connectivity index (χ0) is 15.3. The van der Waals surface area contributed by atoms with E-state index < -0.39 is 18.0 Å². The van der Waals surface area contributed by atoms with Crippen LogP contribution >= 0.6 is 11.8 Å². The van der Waals surface area contributed by atoms with Crippen LogP contribution in [0.4, 0.5) is 0 Å². The first-order chi connectivity index (χ1) is 9.93. The van der Waals surface area contributed by atoms with Gasteiger partial charge in [0.05, 0.1) is 18.1 Å². The third-order valence-electron chi connectivity index (χ3n) is 4.62. The predicted molar refractivity (Wildman–Crippen MR) is 78.5 cm³/mol. The van der Waals surface area contributed by atoms with Crippen LogP contribution in [0.2, 0.25) is 0 Å². The van der Waals surface area contributed by atoms with Crippen molar-refractivity contribution in [2.45, 2.75) is 37.7 Å². The van der Waals surface area contributed by atoms with Gasteiger partial charge in [0.25, 0.3) is 0 Å². The number of amides is 1. The van der Waals surface area contributed by atoms with E-state index in [1.165, 1.54) is 4.90 Å². The van der Waals surface area contributed by atoms with Gasteiger partial charge in [-0.25, -0.2) is 4.79 Å². The molecule has 0 unspecified atom stereocenters. The Hall–Kier alpha value is -1.05. The normalized spacial score (nSPS) is 36.7. The Kier molecular flexibility index (Phi) is 3.75. The Bertz CT molecular complexity index is 513. The summed E-state index contributed by atoms with van der Waals surface area (Å²) in [6.45, 7) is 5.37. The van der Waals surface area contributed by atoms with Crippen molar-refractivity contribution in [3.8, 4) is 0 Å². The molecule has 116 valence electrons. The number of nitrogens with one attached hydrogen (secondary N) is 1. The number of β-lactam (4-membered cyclic amide) rings is 1. The average molecular weight is 312 g/mol. The molecule has 5 atom stereocenters. The minimum atomic E-state index is -1.05. The van der Waals surface area contributed by atoms with Crippen LogP contribution in [0, 0.1) is 11.8 Å². The van der Waals surface area contributed by atoms with E-state index in [0.29, 0.717) is 5.25 Å². The van der Waals surface area contributed by atoms with Gasteiger partial charge >= 0.3 is 5.97 Å². The fourth-order valence-electron chi connectivity index (χ4n) is 3.59. The van der Waals surface area contributed by atoms with Crippen LogP contribution in [0.1, 0.15) is 20.3 Å². The summed E-state index contributed by atoms with van der Waals surface area (Å²) in [4.78, 5) is 25.9. The van der Waals surface area contributed by atoms with Gasteiger partial charge in [-0.15, -0.1) is 11.8 Å². The van der Waals surface area contributed by atoms with Crippen LogP contribution in [-0.2, 0) is 9.59 Å². The summed E-state index contributed by atoms with van der Waals surface area (Å²) in [6, 6.07) is -0.208. The van der Waals surface area contributed by atoms with Crippen molar-refractivity contribution in [1.29, 1.82) is 0 Å². The monoisotopic (exact) mass is 312 g/mol. The van der Waals surface area contributed by atoms with Crippen LogP contribution in [0.5, 0.6) is 0 Å². The Morgan fingerprint density at radius 2 is 2.24 bits per heavy atom. The van der Waals surface area contributed by atoms with Gasteiger partial charge in [0.2, 0.25) is 5.91 Å². The van der Waals surface area contributed by atoms with Crippen molar-refractivity contribution >= 4 is 23.6 Å². The molecule has 3 rings (SSSR count). The van der Waals surface area contributed by atoms with Crippen molar-refractivity contribution < 1.29 is 19.8 Å². The lowest BCUT2D eigenvalue weighted by Crippen LogP contribution is -2.63. The van der Waals surface area contributed by atoms with E-state index in [9.17, 15) is 19.8 Å². The van der Waals surface area contributed by atoms with Crippen molar-refractivity contribution in [2.75, 3.05) is 13.1 Å². The number of hydrogen-bond donors (Lipinski definition) is 3. The van der Waals surface area contributed by atoms with Crippen molar-refractivity contribution in [1.82, 2.24) is 10.2 Å². The Balaban J connectivity index is 1.89. The third kappa shape index (κ3) is 2.18. The van der Waals surface area contributed by atoms with Gasteiger partial charge in [-0.3, -0.25) is 4.79 Å². The Morgan fingerprint density at radius 3 is 2.76 bits per heavy atom. The molecule has 0 saturated carbocycles. The zero-order valence-electron chi connectivity index (χ0n) is 12.1. The molecule has 0 aromatic heterocycles. The molecule has 3 aliphatic rings. The molecule has 6 nitrogen and oxygen atoms in total. The smallest absolute Gasteiger partial charge is 0.353 e. The molecule has 2 fully saturated rings. The number of rotatable bonds is 4. The SMILES string of the molecule is C[C@@H](O)[C@H]1C(=O)N2C(C(=O)O)=C(S[C@H]3CCNC3)[C@H](C)[C@H]12. The van der Waals surface area contributed by atoms with E-state index in [4.69, 9.17) is 0 Å². The highest BCUT2D eigenvalue weighted by molar-refractivity contribution is 8.03. The molecule has 7 heteroatoms. The second-order valence-electron chi connectivity index (χ2n) is 6.00. The largest absolute Gasteiger partial charge is 0.477 e. The number of aliphatic carboxylic acids is 1. The summed E-state index contributed by atoms with van der Waals surface area (Å²) >= 11 is 1.58. The summed E-state index contributed by atoms with van der Waals surface area (Å²) in [5.74, 6) is -1.82. The first-order valence-electron chi connectivity index (χ1n) is 7.29. The van der Waals surface area contributed by atoms with Crippen molar-refractivity contribution in [2.24, 2.45) is 11.8 Å². The first kappa shape index (κ1) is 14.9. The number of fused-ring (bicyclic) bond motifs is 1. The summed E-state index contributed by atoms with van der Waals surface area (Å²) in [5.41, 5.74) is 0.131. The van der Waals surface area contributed by atoms with E-state index >= 15 is 0 Å². The predicted octanol–water partition coefficient (Wildman–Crippen LogP) is 0.235. The van der Waals surface area contributed by atoms with Crippen molar-refractivity contribution in [3.05, 3.63) is 10.6 Å². The molecule has 0 aromatic rings. The highest BCUT2D eigenvalue weighted by Crippen LogP contribution is 2.51. The lowest BCUT2D eigenvalue weighted by molar-refractivity contribution is -0.163. The minimum Gasteiger partial charge on any atom is -0.477 e. The van der Waals surface area contributed by atoms with E-state index in [1.54, 1.807) is 18.7 Å². The number of aliphatic hydroxyl groups is 1. The number of thioether (sulfide) groups is 1. The maximum Gasteiger partial charge on any atom is 0.353 e. The minimum absolute atomic E-state index is 0.0287. The maximum absolute atomic E-state index is 12.2. The molecule has 0 aromatic carbocycles. The molecular weight excluding hydrogens is 292 g/mol. The van der Waals surface area contributed by atoms with Gasteiger partial charge in [0, 0.05) is 22.6 Å². The van der Waals surface area contributed by atoms with Crippen LogP contribution in [0.15, 0.2) is 10.6 Å². The lowest BCUT2D eigenvalue weighted by atomic mass is 9.79. The van der Waals surface area contributed by atoms with Gasteiger partial charge < -0.3 is 20.4 Å². The number of aliphatic hydroxyl groups excluding tert-OH is 1. The molecule has 0 bridgehead atoms. The number of hydrogen-bond acceptors (Lipinski definition) is 5. The first-order valence-corrected chi connectivity index (χ1v) is 8.17. The highest BCUT2D eigenvalue weighted by atomic mass is 32.2. The fraction of sp³-hybridized carbons (Fsp3) is 0.714. The molecule has 3 aliphatic heterocycles. The van der Waals surface area contributed by atoms with E-state index in [0.717, 1.165) is 24.4 Å². The van der Waals surface area contributed by atoms with Gasteiger partial charge in [0.15, 0.2) is 0 Å². The Labute approximate surface area is 127 Å². The van der Waals surface area contributed by atoms with Crippen LogP contribution < -0.4 is 5.32 Å². The molecule has 0 spiro atoms. The fourth-order valence-corrected chi connectivity index (χ4v) is 5.03. The second-order valence-corrected chi connectivity index (χ2v) is 7.35. The summed E-state index contributed by atoms with van der Waals surface area (Å²) < 4.78 is 0. The molecule has 3 N–H and O–H groups in total. The number of carboxylic acid groups (broad SMARTS) is 1. The topological polar surface area (TPSA) is 89.9 Å². The van der Waals surface area contributed by atoms with Crippen LogP contribution in [0.3, 0.4) is 0 Å². The molecule has 1 amide bonds. The number of nitrogens with zero attached hydrogens (tertiary/aromatic N) is 1. The maximum atomic E-state index is 12.2. The quantitative estimate of drug-likeness (QED) is 0.644. The molecule has 0 radical (unpaired) electrons. The molecular formula is C14H20N2O4S. The van der Waals surface area contributed by atoms with Gasteiger partial charge in [-0.05, 0) is 19.9 Å². The van der Waals surface area contributed by atoms with Crippen molar-refractivity contribution in [3.63, 3.8) is 0 Å². The van der Waals surface area contributed by atoms with Gasteiger partial charge in [-0.1, -0.05) is 6.92 Å². The van der Waals surface area contributed by atoms with Crippen LogP contribution in [0.25, 0.3) is 0 Å². The summed E-state index contributed by atoms with van der Waals surface area (Å²) in [6.07, 6.45) is 0.264. The van der Waals surface area contributed by atoms with E-state index in [-0.39, 0.29) is 23.6 Å².